The van der Waals surface area contributed by atoms with Crippen molar-refractivity contribution in [3.8, 4) is 0 Å². The number of aliphatic imine (C=N–C) groups is 1. The first kappa shape index (κ1) is 79.5. The van der Waals surface area contributed by atoms with E-state index in [0.29, 0.717) is 11.1 Å². The predicted octanol–water partition coefficient (Wildman–Crippen LogP) is 17.3. The minimum atomic E-state index is -0.718. The van der Waals surface area contributed by atoms with Crippen molar-refractivity contribution in [2.45, 2.75) is 236 Å². The molecular formula is C71H109N5O11. The van der Waals surface area contributed by atoms with Gasteiger partial charge in [-0.25, -0.2) is 24.1 Å². The topological polar surface area (TPSA) is 191 Å². The number of nitrogens with zero attached hydrogens (tertiary/aromatic N) is 3. The molecule has 0 aliphatic carbocycles. The van der Waals surface area contributed by atoms with Crippen LogP contribution in [0.4, 0.5) is 19.2 Å². The van der Waals surface area contributed by atoms with E-state index in [1.807, 2.05) is 111 Å². The molecule has 1 heterocycles. The summed E-state index contributed by atoms with van der Waals surface area (Å²) in [6.45, 7) is 52.2. The van der Waals surface area contributed by atoms with Crippen LogP contribution in [-0.4, -0.2) is 110 Å². The molecule has 4 aromatic carbocycles. The van der Waals surface area contributed by atoms with Gasteiger partial charge in [-0.3, -0.25) is 19.5 Å². The lowest BCUT2D eigenvalue weighted by Crippen LogP contribution is -2.52. The number of ether oxygens (including phenoxy) is 5. The fourth-order valence-corrected chi connectivity index (χ4v) is 7.92. The maximum Gasteiger partial charge on any atom is 0.420 e. The molecular weight excluding hydrogens is 1100 g/mol. The molecule has 1 aliphatic rings. The van der Waals surface area contributed by atoms with E-state index in [1.165, 1.54) is 27.7 Å². The highest BCUT2D eigenvalue weighted by atomic mass is 16.6. The van der Waals surface area contributed by atoms with Crippen LogP contribution in [0.1, 0.15) is 224 Å². The number of imide groups is 2. The molecule has 0 aromatic heterocycles. The predicted molar refractivity (Wildman–Crippen MR) is 354 cm³/mol. The van der Waals surface area contributed by atoms with Crippen LogP contribution in [0.25, 0.3) is 0 Å². The van der Waals surface area contributed by atoms with Gasteiger partial charge in [0.25, 0.3) is 11.8 Å². The number of nitrogens with one attached hydrogen (secondary N) is 2. The smallest absolute Gasteiger partial charge is 0.420 e. The third-order valence-corrected chi connectivity index (χ3v) is 11.1. The van der Waals surface area contributed by atoms with E-state index in [-0.39, 0.29) is 46.5 Å². The van der Waals surface area contributed by atoms with E-state index >= 15 is 0 Å². The van der Waals surface area contributed by atoms with Gasteiger partial charge in [0, 0.05) is 34.5 Å². The lowest BCUT2D eigenvalue weighted by atomic mass is 9.68. The number of carbonyl (C=O) groups is 6. The SMILES string of the molecule is C=CCOC(=O)NC(C)(C)C.CC(C)(C)N1C(=O)c2ccccc2C1=O.CC(C)(C)NC(=O)OC(C)(C)C.CC(C)(C)OC(=O)N(C(=O)OC(C)(C)C)C(C)(C)C.CCC(c1ccccc1)(c1ccccc1)c1ccccc1.COC(C)=NC(C)(C)C. The van der Waals surface area contributed by atoms with Crippen molar-refractivity contribution < 1.29 is 52.5 Å². The molecule has 484 valence electrons. The number of amides is 6. The molecule has 0 saturated carbocycles. The monoisotopic (exact) mass is 1210 g/mol. The summed E-state index contributed by atoms with van der Waals surface area (Å²) in [5.41, 5.74) is 1.58. The van der Waals surface area contributed by atoms with Crippen LogP contribution in [0.15, 0.2) is 133 Å². The summed E-state index contributed by atoms with van der Waals surface area (Å²) in [7, 11) is 1.63. The summed E-state index contributed by atoms with van der Waals surface area (Å²) >= 11 is 0. The third-order valence-electron chi connectivity index (χ3n) is 11.1. The summed E-state index contributed by atoms with van der Waals surface area (Å²) in [5.74, 6) is 0.355. The van der Waals surface area contributed by atoms with Gasteiger partial charge in [-0.05, 0) is 201 Å². The number of alkyl carbamates (subject to hydrolysis) is 2. The van der Waals surface area contributed by atoms with Gasteiger partial charge in [-0.1, -0.05) is 123 Å². The van der Waals surface area contributed by atoms with Gasteiger partial charge in [0.15, 0.2) is 5.90 Å². The Morgan fingerprint density at radius 2 is 0.839 bits per heavy atom. The van der Waals surface area contributed by atoms with Crippen LogP contribution in [0.2, 0.25) is 0 Å². The Bertz CT molecular complexity index is 2630. The Kier molecular flexibility index (Phi) is 30.7. The Morgan fingerprint density at radius 3 is 1.08 bits per heavy atom. The highest BCUT2D eigenvalue weighted by Crippen LogP contribution is 2.42. The molecule has 0 saturated heterocycles. The average Bonchev–Trinajstić information content (AvgIpc) is 1.96. The van der Waals surface area contributed by atoms with Crippen LogP contribution >= 0.6 is 0 Å². The van der Waals surface area contributed by atoms with Crippen LogP contribution in [0, 0.1) is 0 Å². The van der Waals surface area contributed by atoms with Crippen molar-refractivity contribution in [2.75, 3.05) is 13.7 Å². The van der Waals surface area contributed by atoms with Crippen molar-refractivity contribution in [3.63, 3.8) is 0 Å². The highest BCUT2D eigenvalue weighted by Gasteiger charge is 2.42. The number of hydrogen-bond donors (Lipinski definition) is 2. The second-order valence-corrected chi connectivity index (χ2v) is 28.6. The van der Waals surface area contributed by atoms with E-state index in [9.17, 15) is 28.8 Å². The molecule has 87 heavy (non-hydrogen) atoms. The second-order valence-electron chi connectivity index (χ2n) is 28.6. The maximum atomic E-state index is 12.1. The first-order chi connectivity index (χ1) is 39.4. The lowest BCUT2D eigenvalue weighted by Gasteiger charge is -2.35. The summed E-state index contributed by atoms with van der Waals surface area (Å²) in [5, 5.41) is 5.36. The van der Waals surface area contributed by atoms with E-state index in [0.717, 1.165) is 17.2 Å². The molecule has 0 atom stereocenters. The number of methoxy groups -OCH3 is 1. The van der Waals surface area contributed by atoms with Gasteiger partial charge in [-0.2, -0.15) is 0 Å². The largest absolute Gasteiger partial charge is 0.484 e. The van der Waals surface area contributed by atoms with Crippen LogP contribution in [0.3, 0.4) is 0 Å². The van der Waals surface area contributed by atoms with E-state index in [4.69, 9.17) is 23.7 Å². The first-order valence-corrected chi connectivity index (χ1v) is 29.5. The number of carbonyl (C=O) groups excluding carboxylic acids is 6. The molecule has 2 N–H and O–H groups in total. The number of rotatable bonds is 6. The zero-order valence-electron chi connectivity index (χ0n) is 58.0. The van der Waals surface area contributed by atoms with Crippen molar-refractivity contribution in [2.24, 2.45) is 4.99 Å². The van der Waals surface area contributed by atoms with Crippen molar-refractivity contribution in [1.82, 2.24) is 20.4 Å². The van der Waals surface area contributed by atoms with Crippen LogP contribution in [-0.2, 0) is 29.1 Å². The summed E-state index contributed by atoms with van der Waals surface area (Å²) < 4.78 is 25.1. The zero-order chi connectivity index (χ0) is 67.8. The Labute approximate surface area is 523 Å². The van der Waals surface area contributed by atoms with Crippen molar-refractivity contribution in [3.05, 3.63) is 156 Å². The highest BCUT2D eigenvalue weighted by molar-refractivity contribution is 6.21. The van der Waals surface area contributed by atoms with E-state index in [2.05, 4.69) is 120 Å². The van der Waals surface area contributed by atoms with Crippen molar-refractivity contribution >= 4 is 42.1 Å². The molecule has 16 heteroatoms. The summed E-state index contributed by atoms with van der Waals surface area (Å²) in [6.07, 6.45) is 0.392. The van der Waals surface area contributed by atoms with Gasteiger partial charge in [0.1, 0.15) is 23.4 Å². The van der Waals surface area contributed by atoms with Gasteiger partial charge in [0.05, 0.1) is 23.8 Å². The standard InChI is InChI=1S/C21H20.C14H27NO4.C12H13NO2.C9H19NO2.C8H15NO2.C7H15NO/c1-2-21(18-12-6-3-7-13-18,19-14-8-4-9-15-19)20-16-10-5-11-17-20;1-12(2,3)15(10(16)18-13(4,5)6)11(17)19-14(7,8)9;1-12(2,3)13-10(14)8-6-4-5-7-9(8)11(13)15;1-8(2,3)10-7(11)12-9(4,5)6;1-5-6-11-7(10)9-8(2,3)4;1-6(9-5)8-7(2,3)4/h3-17H,2H2,1H3;1-9H3;4-7H,1-3H3;1-6H3,(H,10,11);5H,1,6H2,2-4H3,(H,9,10);1-5H3. The lowest BCUT2D eigenvalue weighted by molar-refractivity contribution is -0.0161. The van der Waals surface area contributed by atoms with Crippen LogP contribution < -0.4 is 10.6 Å². The molecule has 16 nitrogen and oxygen atoms in total. The molecule has 0 bridgehead atoms. The number of benzene rings is 4. The molecule has 0 spiro atoms. The molecule has 0 unspecified atom stereocenters. The van der Waals surface area contributed by atoms with Gasteiger partial charge in [0.2, 0.25) is 0 Å². The van der Waals surface area contributed by atoms with E-state index in [1.54, 1.807) is 93.7 Å². The zero-order valence-corrected chi connectivity index (χ0v) is 58.0. The van der Waals surface area contributed by atoms with Gasteiger partial charge < -0.3 is 34.3 Å². The molecule has 4 aromatic rings. The third kappa shape index (κ3) is 31.6. The van der Waals surface area contributed by atoms with Crippen molar-refractivity contribution in [1.29, 1.82) is 0 Å². The Hall–Kier alpha value is -7.49. The molecule has 0 radical (unpaired) electrons. The van der Waals surface area contributed by atoms with Gasteiger partial charge >= 0.3 is 24.4 Å². The molecule has 5 rings (SSSR count). The number of hydrogen-bond acceptors (Lipinski definition) is 12. The quantitative estimate of drug-likeness (QED) is 0.0466. The average molecular weight is 1210 g/mol. The Balaban J connectivity index is 0.00000105. The maximum absolute atomic E-state index is 12.1. The Morgan fingerprint density at radius 1 is 0.517 bits per heavy atom. The normalized spacial score (nSPS) is 12.7. The minimum absolute atomic E-state index is 0.0138. The fraction of sp³-hybridized carbons (Fsp3) is 0.535. The fourth-order valence-electron chi connectivity index (χ4n) is 7.92. The minimum Gasteiger partial charge on any atom is -0.484 e. The molecule has 1 aliphatic heterocycles. The number of fused-ring (bicyclic) bond motifs is 1. The summed E-state index contributed by atoms with van der Waals surface area (Å²) in [6, 6.07) is 39.4. The van der Waals surface area contributed by atoms with E-state index < -0.39 is 46.2 Å². The molecule has 6 amide bonds. The van der Waals surface area contributed by atoms with Crippen LogP contribution in [0.5, 0.6) is 0 Å². The first-order valence-electron chi connectivity index (χ1n) is 29.5. The van der Waals surface area contributed by atoms with Gasteiger partial charge in [-0.15, -0.1) is 0 Å². The molecule has 0 fully saturated rings. The second kappa shape index (κ2) is 33.6. The summed E-state index contributed by atoms with van der Waals surface area (Å²) in [4.78, 5) is 76.7.